The third kappa shape index (κ3) is 3.56. The number of hydrogen-bond donors (Lipinski definition) is 0. The molecule has 2 fully saturated rings. The summed E-state index contributed by atoms with van der Waals surface area (Å²) < 4.78 is 5.40. The Morgan fingerprint density at radius 3 is 2.50 bits per heavy atom. The second-order valence-electron chi connectivity index (χ2n) is 5.06. The number of Topliss-reactive ketones (excluding diaryl/α,β-unsaturated/α-hetero) is 1. The van der Waals surface area contributed by atoms with E-state index in [0.29, 0.717) is 25.4 Å². The zero-order valence-corrected chi connectivity index (χ0v) is 10.1. The summed E-state index contributed by atoms with van der Waals surface area (Å²) in [7, 11) is 0. The predicted octanol–water partition coefficient (Wildman–Crippen LogP) is 1.86. The van der Waals surface area contributed by atoms with E-state index in [4.69, 9.17) is 4.74 Å². The van der Waals surface area contributed by atoms with Crippen molar-refractivity contribution in [1.82, 2.24) is 4.90 Å². The van der Waals surface area contributed by atoms with E-state index in [-0.39, 0.29) is 5.92 Å². The summed E-state index contributed by atoms with van der Waals surface area (Å²) in [6, 6.07) is 0. The first-order valence-electron chi connectivity index (χ1n) is 6.69. The lowest BCUT2D eigenvalue weighted by Crippen LogP contribution is -2.39. The summed E-state index contributed by atoms with van der Waals surface area (Å²) >= 11 is 0. The fraction of sp³-hybridized carbons (Fsp3) is 0.923. The zero-order chi connectivity index (χ0) is 11.2. The van der Waals surface area contributed by atoms with E-state index in [1.54, 1.807) is 0 Å². The highest BCUT2D eigenvalue weighted by atomic mass is 16.5. The van der Waals surface area contributed by atoms with Gasteiger partial charge in [0.1, 0.15) is 5.78 Å². The van der Waals surface area contributed by atoms with Gasteiger partial charge >= 0.3 is 0 Å². The number of ketones is 1. The maximum atomic E-state index is 11.7. The molecule has 0 N–H and O–H groups in total. The number of nitrogens with zero attached hydrogens (tertiary/aromatic N) is 1. The number of hydrogen-bond acceptors (Lipinski definition) is 3. The Morgan fingerprint density at radius 2 is 1.81 bits per heavy atom. The van der Waals surface area contributed by atoms with Crippen LogP contribution in [0.4, 0.5) is 0 Å². The summed E-state index contributed by atoms with van der Waals surface area (Å²) in [5.41, 5.74) is 0. The van der Waals surface area contributed by atoms with Gasteiger partial charge in [-0.3, -0.25) is 4.79 Å². The number of ether oxygens (including phenoxy) is 1. The molecule has 3 nitrogen and oxygen atoms in total. The van der Waals surface area contributed by atoms with Gasteiger partial charge in [-0.25, -0.2) is 0 Å². The van der Waals surface area contributed by atoms with Crippen molar-refractivity contribution in [1.29, 1.82) is 0 Å². The lowest BCUT2D eigenvalue weighted by atomic mass is 9.99. The number of carbonyl (C=O) groups is 1. The van der Waals surface area contributed by atoms with Crippen LogP contribution < -0.4 is 0 Å². The Labute approximate surface area is 98.1 Å². The zero-order valence-electron chi connectivity index (χ0n) is 10.1. The predicted molar refractivity (Wildman–Crippen MR) is 63.5 cm³/mol. The standard InChI is InChI=1S/C13H23NO2/c15-13-6-9-16-11-12(13)10-14-7-4-2-1-3-5-8-14/h12H,1-11H2. The largest absolute Gasteiger partial charge is 0.380 e. The van der Waals surface area contributed by atoms with Crippen LogP contribution in [0.2, 0.25) is 0 Å². The van der Waals surface area contributed by atoms with Gasteiger partial charge in [0.25, 0.3) is 0 Å². The fourth-order valence-electron chi connectivity index (χ4n) is 2.66. The fourth-order valence-corrected chi connectivity index (χ4v) is 2.66. The molecule has 16 heavy (non-hydrogen) atoms. The highest BCUT2D eigenvalue weighted by Gasteiger charge is 2.25. The molecule has 2 saturated heterocycles. The molecule has 0 bridgehead atoms. The Kier molecular flexibility index (Phi) is 4.79. The average Bonchev–Trinajstić information content (AvgIpc) is 2.24. The van der Waals surface area contributed by atoms with Crippen molar-refractivity contribution in [3.63, 3.8) is 0 Å². The molecular weight excluding hydrogens is 202 g/mol. The van der Waals surface area contributed by atoms with Crippen LogP contribution in [-0.4, -0.2) is 43.5 Å². The third-order valence-electron chi connectivity index (χ3n) is 3.69. The summed E-state index contributed by atoms with van der Waals surface area (Å²) in [6.07, 6.45) is 7.30. The van der Waals surface area contributed by atoms with Gasteiger partial charge in [0, 0.05) is 13.0 Å². The smallest absolute Gasteiger partial charge is 0.141 e. The molecule has 1 atom stereocenters. The second kappa shape index (κ2) is 6.36. The SMILES string of the molecule is O=C1CCOCC1CN1CCCCCCC1. The minimum absolute atomic E-state index is 0.146. The van der Waals surface area contributed by atoms with Crippen molar-refractivity contribution >= 4 is 5.78 Å². The van der Waals surface area contributed by atoms with Gasteiger partial charge in [-0.2, -0.15) is 0 Å². The molecule has 1 unspecified atom stereocenters. The molecular formula is C13H23NO2. The first-order chi connectivity index (χ1) is 7.86. The van der Waals surface area contributed by atoms with Crippen LogP contribution in [0, 0.1) is 5.92 Å². The second-order valence-corrected chi connectivity index (χ2v) is 5.06. The van der Waals surface area contributed by atoms with Gasteiger partial charge in [-0.1, -0.05) is 19.3 Å². The van der Waals surface area contributed by atoms with Crippen molar-refractivity contribution in [2.45, 2.75) is 38.5 Å². The molecule has 92 valence electrons. The number of rotatable bonds is 2. The number of likely N-dealkylation sites (tertiary alicyclic amines) is 1. The molecule has 2 heterocycles. The Balaban J connectivity index is 1.79. The summed E-state index contributed by atoms with van der Waals surface area (Å²) in [4.78, 5) is 14.2. The van der Waals surface area contributed by atoms with Crippen LogP contribution >= 0.6 is 0 Å². The van der Waals surface area contributed by atoms with Crippen molar-refractivity contribution in [3.05, 3.63) is 0 Å². The first kappa shape index (κ1) is 12.1. The Morgan fingerprint density at radius 1 is 1.12 bits per heavy atom. The van der Waals surface area contributed by atoms with Crippen LogP contribution in [0.3, 0.4) is 0 Å². The maximum absolute atomic E-state index is 11.7. The first-order valence-corrected chi connectivity index (χ1v) is 6.69. The van der Waals surface area contributed by atoms with E-state index in [0.717, 1.165) is 6.54 Å². The molecule has 0 radical (unpaired) electrons. The van der Waals surface area contributed by atoms with Crippen molar-refractivity contribution in [2.75, 3.05) is 32.8 Å². The molecule has 3 heteroatoms. The normalized spacial score (nSPS) is 29.8. The summed E-state index contributed by atoms with van der Waals surface area (Å²) in [5.74, 6) is 0.557. The molecule has 2 aliphatic rings. The van der Waals surface area contributed by atoms with Crippen LogP contribution in [-0.2, 0) is 9.53 Å². The van der Waals surface area contributed by atoms with E-state index >= 15 is 0 Å². The van der Waals surface area contributed by atoms with E-state index in [1.807, 2.05) is 0 Å². The van der Waals surface area contributed by atoms with Crippen LogP contribution in [0.15, 0.2) is 0 Å². The molecule has 0 aromatic carbocycles. The van der Waals surface area contributed by atoms with E-state index in [9.17, 15) is 4.79 Å². The maximum Gasteiger partial charge on any atom is 0.141 e. The van der Waals surface area contributed by atoms with Crippen LogP contribution in [0.5, 0.6) is 0 Å². The van der Waals surface area contributed by atoms with Crippen molar-refractivity contribution < 1.29 is 9.53 Å². The molecule has 2 rings (SSSR count). The molecule has 0 spiro atoms. The highest BCUT2D eigenvalue weighted by Crippen LogP contribution is 2.15. The van der Waals surface area contributed by atoms with Crippen LogP contribution in [0.1, 0.15) is 38.5 Å². The van der Waals surface area contributed by atoms with E-state index in [2.05, 4.69) is 4.90 Å². The topological polar surface area (TPSA) is 29.5 Å². The summed E-state index contributed by atoms with van der Waals surface area (Å²) in [5, 5.41) is 0. The van der Waals surface area contributed by atoms with Crippen LogP contribution in [0.25, 0.3) is 0 Å². The number of carbonyl (C=O) groups excluding carboxylic acids is 1. The average molecular weight is 225 g/mol. The molecule has 0 saturated carbocycles. The lowest BCUT2D eigenvalue weighted by Gasteiger charge is -2.30. The minimum Gasteiger partial charge on any atom is -0.380 e. The van der Waals surface area contributed by atoms with E-state index in [1.165, 1.54) is 45.2 Å². The molecule has 0 aromatic heterocycles. The monoisotopic (exact) mass is 225 g/mol. The summed E-state index contributed by atoms with van der Waals surface area (Å²) in [6.45, 7) is 4.55. The van der Waals surface area contributed by atoms with Gasteiger partial charge in [0.05, 0.1) is 19.1 Å². The Hall–Kier alpha value is -0.410. The third-order valence-corrected chi connectivity index (χ3v) is 3.69. The molecule has 2 aliphatic heterocycles. The van der Waals surface area contributed by atoms with Crippen molar-refractivity contribution in [3.8, 4) is 0 Å². The van der Waals surface area contributed by atoms with Gasteiger partial charge in [0.2, 0.25) is 0 Å². The van der Waals surface area contributed by atoms with Gasteiger partial charge in [-0.05, 0) is 25.9 Å². The van der Waals surface area contributed by atoms with Gasteiger partial charge in [-0.15, -0.1) is 0 Å². The van der Waals surface area contributed by atoms with Gasteiger partial charge in [0.15, 0.2) is 0 Å². The highest BCUT2D eigenvalue weighted by molar-refractivity contribution is 5.82. The molecule has 0 aliphatic carbocycles. The quantitative estimate of drug-likeness (QED) is 0.718. The molecule has 0 amide bonds. The Bertz CT molecular complexity index is 222. The van der Waals surface area contributed by atoms with Crippen molar-refractivity contribution in [2.24, 2.45) is 5.92 Å². The van der Waals surface area contributed by atoms with E-state index < -0.39 is 0 Å². The van der Waals surface area contributed by atoms with Gasteiger partial charge < -0.3 is 9.64 Å². The lowest BCUT2D eigenvalue weighted by molar-refractivity contribution is -0.131. The minimum atomic E-state index is 0.146. The molecule has 0 aromatic rings.